The number of hydrogen-bond acceptors (Lipinski definition) is 2. The van der Waals surface area contributed by atoms with Gasteiger partial charge in [0.25, 0.3) is 0 Å². The number of rotatable bonds is 3. The maximum atomic E-state index is 5.20. The Morgan fingerprint density at radius 1 is 1.16 bits per heavy atom. The van der Waals surface area contributed by atoms with Gasteiger partial charge in [-0.05, 0) is 50.3 Å². The largest absolute Gasteiger partial charge is 0.497 e. The molecule has 1 heterocycles. The van der Waals surface area contributed by atoms with E-state index in [-0.39, 0.29) is 0 Å². The molecule has 3 heteroatoms. The Morgan fingerprint density at radius 3 is 2.63 bits per heavy atom. The summed E-state index contributed by atoms with van der Waals surface area (Å²) in [6.07, 6.45) is 4.89. The van der Waals surface area contributed by atoms with Crippen LogP contribution in [-0.2, 0) is 19.4 Å². The topological polar surface area (TPSA) is 27.1 Å². The lowest BCUT2D eigenvalue weighted by atomic mass is 10.0. The Kier molecular flexibility index (Phi) is 3.28. The minimum atomic E-state index is 0.910. The van der Waals surface area contributed by atoms with Gasteiger partial charge < -0.3 is 9.30 Å². The predicted molar refractivity (Wildman–Crippen MR) is 75.7 cm³/mol. The SMILES string of the molecule is COc1ccc(Cn2c(C)nc3c2CCCC3)cc1. The third-order valence-corrected chi connectivity index (χ3v) is 3.92. The number of aryl methyl sites for hydroxylation is 2. The van der Waals surface area contributed by atoms with E-state index in [1.807, 2.05) is 12.1 Å². The molecular weight excluding hydrogens is 236 g/mol. The summed E-state index contributed by atoms with van der Waals surface area (Å²) in [6.45, 7) is 3.03. The third kappa shape index (κ3) is 2.37. The maximum Gasteiger partial charge on any atom is 0.118 e. The molecule has 0 bridgehead atoms. The van der Waals surface area contributed by atoms with Gasteiger partial charge in [0.1, 0.15) is 11.6 Å². The molecular formula is C16H20N2O. The molecule has 0 unspecified atom stereocenters. The number of aromatic nitrogens is 2. The number of nitrogens with zero attached hydrogens (tertiary/aromatic N) is 2. The molecule has 0 radical (unpaired) electrons. The molecule has 0 N–H and O–H groups in total. The molecule has 0 saturated heterocycles. The first-order valence-electron chi connectivity index (χ1n) is 6.96. The number of hydrogen-bond donors (Lipinski definition) is 0. The molecule has 19 heavy (non-hydrogen) atoms. The number of ether oxygens (including phenoxy) is 1. The highest BCUT2D eigenvalue weighted by molar-refractivity contribution is 5.29. The zero-order valence-corrected chi connectivity index (χ0v) is 11.6. The summed E-state index contributed by atoms with van der Waals surface area (Å²) in [4.78, 5) is 4.72. The summed E-state index contributed by atoms with van der Waals surface area (Å²) in [6, 6.07) is 8.31. The minimum absolute atomic E-state index is 0.910. The van der Waals surface area contributed by atoms with Gasteiger partial charge in [-0.2, -0.15) is 0 Å². The molecule has 100 valence electrons. The van der Waals surface area contributed by atoms with Crippen LogP contribution >= 0.6 is 0 Å². The van der Waals surface area contributed by atoms with Crippen LogP contribution in [0.15, 0.2) is 24.3 Å². The smallest absolute Gasteiger partial charge is 0.118 e. The molecule has 0 amide bonds. The van der Waals surface area contributed by atoms with Crippen molar-refractivity contribution < 1.29 is 4.74 Å². The molecule has 0 spiro atoms. The Labute approximate surface area is 114 Å². The Balaban J connectivity index is 1.88. The van der Waals surface area contributed by atoms with E-state index < -0.39 is 0 Å². The van der Waals surface area contributed by atoms with Crippen molar-refractivity contribution in [2.24, 2.45) is 0 Å². The average molecular weight is 256 g/mol. The highest BCUT2D eigenvalue weighted by Crippen LogP contribution is 2.23. The molecule has 0 fully saturated rings. The van der Waals surface area contributed by atoms with E-state index in [9.17, 15) is 0 Å². The summed E-state index contributed by atoms with van der Waals surface area (Å²) in [5.74, 6) is 2.05. The van der Waals surface area contributed by atoms with Crippen LogP contribution in [0.3, 0.4) is 0 Å². The van der Waals surface area contributed by atoms with Crippen molar-refractivity contribution in [3.8, 4) is 5.75 Å². The Hall–Kier alpha value is -1.77. The number of benzene rings is 1. The molecule has 2 aromatic rings. The number of fused-ring (bicyclic) bond motifs is 1. The zero-order chi connectivity index (χ0) is 13.2. The summed E-state index contributed by atoms with van der Waals surface area (Å²) >= 11 is 0. The predicted octanol–water partition coefficient (Wildman–Crippen LogP) is 3.13. The van der Waals surface area contributed by atoms with E-state index in [4.69, 9.17) is 9.72 Å². The molecule has 0 atom stereocenters. The molecule has 1 aromatic heterocycles. The van der Waals surface area contributed by atoms with E-state index >= 15 is 0 Å². The van der Waals surface area contributed by atoms with Crippen molar-refractivity contribution in [1.29, 1.82) is 0 Å². The Bertz CT molecular complexity index is 569. The molecule has 1 aliphatic carbocycles. The van der Waals surface area contributed by atoms with Gasteiger partial charge in [0.05, 0.1) is 12.8 Å². The summed E-state index contributed by atoms with van der Waals surface area (Å²) in [7, 11) is 1.70. The molecule has 0 saturated carbocycles. The van der Waals surface area contributed by atoms with Crippen LogP contribution in [0.2, 0.25) is 0 Å². The van der Waals surface area contributed by atoms with Crippen molar-refractivity contribution in [2.45, 2.75) is 39.2 Å². The van der Waals surface area contributed by atoms with Crippen LogP contribution in [0.5, 0.6) is 5.75 Å². The zero-order valence-electron chi connectivity index (χ0n) is 11.6. The molecule has 3 rings (SSSR count). The molecule has 1 aromatic carbocycles. The van der Waals surface area contributed by atoms with E-state index in [2.05, 4.69) is 23.6 Å². The summed E-state index contributed by atoms with van der Waals surface area (Å²) in [5.41, 5.74) is 4.06. The lowest BCUT2D eigenvalue weighted by Gasteiger charge is -2.15. The normalized spacial score (nSPS) is 14.2. The van der Waals surface area contributed by atoms with Crippen LogP contribution < -0.4 is 4.74 Å². The third-order valence-electron chi connectivity index (χ3n) is 3.92. The Morgan fingerprint density at radius 2 is 1.89 bits per heavy atom. The monoisotopic (exact) mass is 256 g/mol. The van der Waals surface area contributed by atoms with Gasteiger partial charge in [-0.15, -0.1) is 0 Å². The molecule has 1 aliphatic rings. The van der Waals surface area contributed by atoms with E-state index in [0.29, 0.717) is 0 Å². The second-order valence-corrected chi connectivity index (χ2v) is 5.19. The fourth-order valence-electron chi connectivity index (χ4n) is 2.86. The quantitative estimate of drug-likeness (QED) is 0.843. The van der Waals surface area contributed by atoms with E-state index in [0.717, 1.165) is 24.5 Å². The lowest BCUT2D eigenvalue weighted by molar-refractivity contribution is 0.414. The summed E-state index contributed by atoms with van der Waals surface area (Å²) in [5, 5.41) is 0. The minimum Gasteiger partial charge on any atom is -0.497 e. The van der Waals surface area contributed by atoms with E-state index in [1.165, 1.54) is 36.2 Å². The van der Waals surface area contributed by atoms with Gasteiger partial charge in [-0.1, -0.05) is 12.1 Å². The number of methoxy groups -OCH3 is 1. The first kappa shape index (κ1) is 12.3. The highest BCUT2D eigenvalue weighted by atomic mass is 16.5. The highest BCUT2D eigenvalue weighted by Gasteiger charge is 2.17. The van der Waals surface area contributed by atoms with Crippen molar-refractivity contribution in [2.75, 3.05) is 7.11 Å². The van der Waals surface area contributed by atoms with Crippen LogP contribution in [0.4, 0.5) is 0 Å². The first-order chi connectivity index (χ1) is 9.28. The van der Waals surface area contributed by atoms with Gasteiger partial charge in [0.15, 0.2) is 0 Å². The fraction of sp³-hybridized carbons (Fsp3) is 0.438. The van der Waals surface area contributed by atoms with Crippen molar-refractivity contribution in [1.82, 2.24) is 9.55 Å². The van der Waals surface area contributed by atoms with Gasteiger partial charge in [0, 0.05) is 12.2 Å². The van der Waals surface area contributed by atoms with Crippen molar-refractivity contribution in [3.63, 3.8) is 0 Å². The van der Waals surface area contributed by atoms with Crippen molar-refractivity contribution >= 4 is 0 Å². The maximum absolute atomic E-state index is 5.20. The van der Waals surface area contributed by atoms with E-state index in [1.54, 1.807) is 7.11 Å². The van der Waals surface area contributed by atoms with Crippen LogP contribution in [0, 0.1) is 6.92 Å². The second kappa shape index (κ2) is 5.08. The van der Waals surface area contributed by atoms with Crippen LogP contribution in [-0.4, -0.2) is 16.7 Å². The van der Waals surface area contributed by atoms with Gasteiger partial charge in [0.2, 0.25) is 0 Å². The molecule has 3 nitrogen and oxygen atoms in total. The number of imidazole rings is 1. The lowest BCUT2D eigenvalue weighted by Crippen LogP contribution is -2.10. The molecule has 0 aliphatic heterocycles. The fourth-order valence-corrected chi connectivity index (χ4v) is 2.86. The second-order valence-electron chi connectivity index (χ2n) is 5.19. The van der Waals surface area contributed by atoms with Crippen LogP contribution in [0.25, 0.3) is 0 Å². The van der Waals surface area contributed by atoms with Crippen molar-refractivity contribution in [3.05, 3.63) is 47.0 Å². The van der Waals surface area contributed by atoms with Gasteiger partial charge in [-0.25, -0.2) is 4.98 Å². The summed E-state index contributed by atoms with van der Waals surface area (Å²) < 4.78 is 7.57. The van der Waals surface area contributed by atoms with Gasteiger partial charge in [-0.3, -0.25) is 0 Å². The van der Waals surface area contributed by atoms with Crippen LogP contribution in [0.1, 0.15) is 35.6 Å². The van der Waals surface area contributed by atoms with Gasteiger partial charge >= 0.3 is 0 Å². The standard InChI is InChI=1S/C16H20N2O/c1-12-17-15-5-3-4-6-16(15)18(12)11-13-7-9-14(19-2)10-8-13/h7-10H,3-6,11H2,1-2H3. The average Bonchev–Trinajstić information content (AvgIpc) is 2.76. The first-order valence-corrected chi connectivity index (χ1v) is 6.96.